The van der Waals surface area contributed by atoms with Crippen molar-refractivity contribution >= 4 is 40.5 Å². The van der Waals surface area contributed by atoms with Crippen molar-refractivity contribution in [2.75, 3.05) is 11.1 Å². The molecule has 0 saturated heterocycles. The second kappa shape index (κ2) is 7.17. The summed E-state index contributed by atoms with van der Waals surface area (Å²) in [5, 5.41) is 12.1. The standard InChI is InChI=1S/C16H13Cl2N3O/c17-13-7-12(8-14(18)16(13)20)21-15(22)6-5-10-1-3-11(9-19)4-2-10/h1-4,7-8H,5-6,20H2,(H,21,22). The van der Waals surface area contributed by atoms with Gasteiger partial charge in [0.1, 0.15) is 0 Å². The second-order valence-corrected chi connectivity index (χ2v) is 5.52. The van der Waals surface area contributed by atoms with Crippen LogP contribution in [0.25, 0.3) is 0 Å². The third-order valence-corrected chi connectivity index (χ3v) is 3.71. The minimum Gasteiger partial charge on any atom is -0.396 e. The summed E-state index contributed by atoms with van der Waals surface area (Å²) in [5.74, 6) is -0.152. The highest BCUT2D eigenvalue weighted by atomic mass is 35.5. The van der Waals surface area contributed by atoms with Gasteiger partial charge in [-0.05, 0) is 36.2 Å². The molecule has 0 saturated carbocycles. The van der Waals surface area contributed by atoms with Gasteiger partial charge in [0.05, 0.1) is 27.4 Å². The fourth-order valence-corrected chi connectivity index (χ4v) is 2.37. The summed E-state index contributed by atoms with van der Waals surface area (Å²) in [4.78, 5) is 11.9. The van der Waals surface area contributed by atoms with Crippen LogP contribution in [-0.4, -0.2) is 5.91 Å². The van der Waals surface area contributed by atoms with Gasteiger partial charge in [-0.3, -0.25) is 4.79 Å². The fraction of sp³-hybridized carbons (Fsp3) is 0.125. The number of nitrogens with two attached hydrogens (primary N) is 1. The minimum atomic E-state index is -0.152. The highest BCUT2D eigenvalue weighted by molar-refractivity contribution is 6.39. The Morgan fingerprint density at radius 2 is 1.77 bits per heavy atom. The van der Waals surface area contributed by atoms with E-state index in [0.717, 1.165) is 5.56 Å². The molecule has 2 aromatic carbocycles. The first kappa shape index (κ1) is 16.2. The molecule has 0 atom stereocenters. The van der Waals surface area contributed by atoms with E-state index in [1.54, 1.807) is 24.3 Å². The average Bonchev–Trinajstić information content (AvgIpc) is 2.51. The van der Waals surface area contributed by atoms with E-state index in [1.165, 1.54) is 0 Å². The number of hydrogen-bond donors (Lipinski definition) is 2. The first-order valence-corrected chi connectivity index (χ1v) is 7.28. The van der Waals surface area contributed by atoms with E-state index in [-0.39, 0.29) is 5.91 Å². The summed E-state index contributed by atoms with van der Waals surface area (Å²) in [5.41, 5.74) is 8.02. The summed E-state index contributed by atoms with van der Waals surface area (Å²) >= 11 is 11.8. The van der Waals surface area contributed by atoms with E-state index in [0.29, 0.717) is 39.8 Å². The molecule has 4 nitrogen and oxygen atoms in total. The molecule has 1 amide bonds. The van der Waals surface area contributed by atoms with Gasteiger partial charge in [-0.1, -0.05) is 35.3 Å². The maximum atomic E-state index is 11.9. The molecule has 2 aromatic rings. The van der Waals surface area contributed by atoms with Gasteiger partial charge in [0.25, 0.3) is 0 Å². The Hall–Kier alpha value is -2.22. The van der Waals surface area contributed by atoms with Gasteiger partial charge in [0.2, 0.25) is 5.91 Å². The lowest BCUT2D eigenvalue weighted by Gasteiger charge is -2.08. The Morgan fingerprint density at radius 3 is 2.32 bits per heavy atom. The zero-order valence-electron chi connectivity index (χ0n) is 11.6. The van der Waals surface area contributed by atoms with E-state index in [9.17, 15) is 4.79 Å². The van der Waals surface area contributed by atoms with Crippen LogP contribution in [-0.2, 0) is 11.2 Å². The number of carbonyl (C=O) groups excluding carboxylic acids is 1. The summed E-state index contributed by atoms with van der Waals surface area (Å²) in [6, 6.07) is 12.3. The molecule has 22 heavy (non-hydrogen) atoms. The first-order chi connectivity index (χ1) is 10.5. The molecule has 0 aromatic heterocycles. The van der Waals surface area contributed by atoms with Crippen molar-refractivity contribution in [3.63, 3.8) is 0 Å². The van der Waals surface area contributed by atoms with Crippen molar-refractivity contribution in [1.29, 1.82) is 5.26 Å². The van der Waals surface area contributed by atoms with Crippen LogP contribution in [0.2, 0.25) is 10.0 Å². The van der Waals surface area contributed by atoms with E-state index >= 15 is 0 Å². The minimum absolute atomic E-state index is 0.152. The lowest BCUT2D eigenvalue weighted by Crippen LogP contribution is -2.12. The predicted molar refractivity (Wildman–Crippen MR) is 89.0 cm³/mol. The number of halogens is 2. The first-order valence-electron chi connectivity index (χ1n) is 6.53. The van der Waals surface area contributed by atoms with Crippen molar-refractivity contribution in [3.05, 3.63) is 57.6 Å². The number of nitrogens with zero attached hydrogens (tertiary/aromatic N) is 1. The van der Waals surface area contributed by atoms with Crippen LogP contribution in [0.3, 0.4) is 0 Å². The summed E-state index contributed by atoms with van der Waals surface area (Å²) in [6.45, 7) is 0. The van der Waals surface area contributed by atoms with Gasteiger partial charge < -0.3 is 11.1 Å². The molecule has 0 unspecified atom stereocenters. The Morgan fingerprint density at radius 1 is 1.18 bits per heavy atom. The molecule has 6 heteroatoms. The third-order valence-electron chi connectivity index (χ3n) is 3.09. The largest absolute Gasteiger partial charge is 0.396 e. The molecular weight excluding hydrogens is 321 g/mol. The maximum Gasteiger partial charge on any atom is 0.224 e. The Labute approximate surface area is 138 Å². The van der Waals surface area contributed by atoms with Crippen LogP contribution in [0.1, 0.15) is 17.5 Å². The second-order valence-electron chi connectivity index (χ2n) is 4.71. The molecule has 0 aliphatic carbocycles. The van der Waals surface area contributed by atoms with Crippen LogP contribution < -0.4 is 11.1 Å². The Kier molecular flexibility index (Phi) is 5.26. The van der Waals surface area contributed by atoms with Gasteiger partial charge in [0, 0.05) is 12.1 Å². The topological polar surface area (TPSA) is 78.9 Å². The number of nitrogens with one attached hydrogen (secondary N) is 1. The Bertz CT molecular complexity index is 713. The maximum absolute atomic E-state index is 11.9. The van der Waals surface area contributed by atoms with Gasteiger partial charge in [0.15, 0.2) is 0 Å². The lowest BCUT2D eigenvalue weighted by atomic mass is 10.1. The van der Waals surface area contributed by atoms with Gasteiger partial charge >= 0.3 is 0 Å². The SMILES string of the molecule is N#Cc1ccc(CCC(=O)Nc2cc(Cl)c(N)c(Cl)c2)cc1. The van der Waals surface area contributed by atoms with Gasteiger partial charge in [-0.15, -0.1) is 0 Å². The zero-order chi connectivity index (χ0) is 16.1. The number of anilines is 2. The van der Waals surface area contributed by atoms with Crippen molar-refractivity contribution in [1.82, 2.24) is 0 Å². The van der Waals surface area contributed by atoms with Crippen molar-refractivity contribution in [2.24, 2.45) is 0 Å². The van der Waals surface area contributed by atoms with E-state index < -0.39 is 0 Å². The molecule has 0 aliphatic heterocycles. The molecule has 0 radical (unpaired) electrons. The third kappa shape index (κ3) is 4.14. The summed E-state index contributed by atoms with van der Waals surface area (Å²) in [6.07, 6.45) is 0.888. The van der Waals surface area contributed by atoms with E-state index in [4.69, 9.17) is 34.2 Å². The highest BCUT2D eigenvalue weighted by Gasteiger charge is 2.08. The molecule has 0 bridgehead atoms. The molecule has 0 heterocycles. The normalized spacial score (nSPS) is 10.0. The number of rotatable bonds is 4. The smallest absolute Gasteiger partial charge is 0.224 e. The van der Waals surface area contributed by atoms with Crippen molar-refractivity contribution in [2.45, 2.75) is 12.8 Å². The summed E-state index contributed by atoms with van der Waals surface area (Å²) in [7, 11) is 0. The number of carbonyl (C=O) groups is 1. The summed E-state index contributed by atoms with van der Waals surface area (Å²) < 4.78 is 0. The van der Waals surface area contributed by atoms with Crippen LogP contribution in [0.5, 0.6) is 0 Å². The number of nitriles is 1. The van der Waals surface area contributed by atoms with Gasteiger partial charge in [-0.25, -0.2) is 0 Å². The molecule has 0 aliphatic rings. The number of benzene rings is 2. The number of amides is 1. The van der Waals surface area contributed by atoms with E-state index in [2.05, 4.69) is 11.4 Å². The van der Waals surface area contributed by atoms with Crippen molar-refractivity contribution < 1.29 is 4.79 Å². The zero-order valence-corrected chi connectivity index (χ0v) is 13.1. The lowest BCUT2D eigenvalue weighted by molar-refractivity contribution is -0.116. The number of nitrogen functional groups attached to an aromatic ring is 1. The molecular formula is C16H13Cl2N3O. The van der Waals surface area contributed by atoms with Crippen LogP contribution in [0.4, 0.5) is 11.4 Å². The average molecular weight is 334 g/mol. The van der Waals surface area contributed by atoms with Crippen LogP contribution in [0, 0.1) is 11.3 Å². The fourth-order valence-electron chi connectivity index (χ4n) is 1.88. The molecule has 3 N–H and O–H groups in total. The predicted octanol–water partition coefficient (Wildman–Crippen LogP) is 4.02. The Balaban J connectivity index is 1.94. The van der Waals surface area contributed by atoms with Crippen LogP contribution >= 0.6 is 23.2 Å². The highest BCUT2D eigenvalue weighted by Crippen LogP contribution is 2.31. The number of aryl methyl sites for hydroxylation is 1. The molecule has 112 valence electrons. The van der Waals surface area contributed by atoms with Crippen molar-refractivity contribution in [3.8, 4) is 6.07 Å². The van der Waals surface area contributed by atoms with E-state index in [1.807, 2.05) is 12.1 Å². The van der Waals surface area contributed by atoms with Crippen LogP contribution in [0.15, 0.2) is 36.4 Å². The number of hydrogen-bond acceptors (Lipinski definition) is 3. The monoisotopic (exact) mass is 333 g/mol. The van der Waals surface area contributed by atoms with Gasteiger partial charge in [-0.2, -0.15) is 5.26 Å². The quantitative estimate of drug-likeness (QED) is 0.829. The molecule has 2 rings (SSSR count). The molecule has 0 fully saturated rings. The molecule has 0 spiro atoms.